The first-order valence-corrected chi connectivity index (χ1v) is 14.9. The number of aromatic carboxylic acids is 1. The maximum Gasteiger partial charge on any atom is 0.335 e. The number of piperazine rings is 1. The van der Waals surface area contributed by atoms with Gasteiger partial charge in [-0.2, -0.15) is 0 Å². The van der Waals surface area contributed by atoms with Gasteiger partial charge < -0.3 is 19.5 Å². The molecule has 6 nitrogen and oxygen atoms in total. The zero-order chi connectivity index (χ0) is 27.9. The monoisotopic (exact) mass is 545 g/mol. The smallest absolute Gasteiger partial charge is 0.335 e. The number of carbonyl (C=O) groups excluding carboxylic acids is 1. The third-order valence-electron chi connectivity index (χ3n) is 9.20. The van der Waals surface area contributed by atoms with Crippen LogP contribution in [-0.2, 0) is 11.3 Å². The Morgan fingerprint density at radius 1 is 0.805 bits per heavy atom. The summed E-state index contributed by atoms with van der Waals surface area (Å²) in [5.74, 6) is -0.441. The van der Waals surface area contributed by atoms with Crippen LogP contribution in [0.1, 0.15) is 59.5 Å². The van der Waals surface area contributed by atoms with E-state index in [1.807, 2.05) is 29.2 Å². The number of rotatable bonds is 4. The molecule has 6 heteroatoms. The lowest BCUT2D eigenvalue weighted by Crippen LogP contribution is -2.49. The Hall–Kier alpha value is -4.32. The molecule has 1 saturated heterocycles. The van der Waals surface area contributed by atoms with Gasteiger partial charge in [0.05, 0.1) is 17.8 Å². The van der Waals surface area contributed by atoms with Crippen molar-refractivity contribution in [2.24, 2.45) is 0 Å². The molecule has 1 amide bonds. The van der Waals surface area contributed by atoms with Crippen LogP contribution >= 0.6 is 0 Å². The van der Waals surface area contributed by atoms with Crippen LogP contribution < -0.4 is 4.90 Å². The molecule has 1 aromatic heterocycles. The van der Waals surface area contributed by atoms with E-state index in [2.05, 4.69) is 58.0 Å². The van der Waals surface area contributed by atoms with Crippen molar-refractivity contribution in [2.45, 2.75) is 44.6 Å². The summed E-state index contributed by atoms with van der Waals surface area (Å²) in [6.07, 6.45) is 8.04. The number of fused-ring (bicyclic) bond motifs is 5. The van der Waals surface area contributed by atoms with Gasteiger partial charge in [0.1, 0.15) is 0 Å². The summed E-state index contributed by atoms with van der Waals surface area (Å²) in [6.45, 7) is 3.36. The number of carboxylic acid groups (broad SMARTS) is 1. The SMILES string of the molecule is O=C(O)c1ccc2c(C3CCCCC3)c3n(c2c1)CC(C(=O)N1CCN(c2ccccc2)CC1)=Cc1ccccc1-3. The molecule has 7 rings (SSSR count). The van der Waals surface area contributed by atoms with E-state index in [4.69, 9.17) is 0 Å². The Morgan fingerprint density at radius 2 is 1.54 bits per heavy atom. The van der Waals surface area contributed by atoms with E-state index in [0.717, 1.165) is 59.2 Å². The summed E-state index contributed by atoms with van der Waals surface area (Å²) in [5, 5.41) is 11.0. The van der Waals surface area contributed by atoms with Gasteiger partial charge in [-0.25, -0.2) is 4.79 Å². The number of carboxylic acids is 1. The zero-order valence-electron chi connectivity index (χ0n) is 23.3. The molecule has 3 heterocycles. The van der Waals surface area contributed by atoms with Gasteiger partial charge in [0.2, 0.25) is 0 Å². The average Bonchev–Trinajstić information content (AvgIpc) is 3.24. The molecule has 2 aliphatic heterocycles. The van der Waals surface area contributed by atoms with Crippen molar-refractivity contribution < 1.29 is 14.7 Å². The molecule has 1 N–H and O–H groups in total. The summed E-state index contributed by atoms with van der Waals surface area (Å²) in [6, 6.07) is 24.3. The standard InChI is InChI=1S/C35H35N3O3/c39-34(37-19-17-36(18-20-37)28-12-5-2-6-13-28)27-21-25-11-7-8-14-29(25)33-32(24-9-3-1-4-10-24)30-16-15-26(35(40)41)22-31(30)38(33)23-27/h2,5-8,11-16,21-22,24H,1,3-4,9-10,17-20,23H2,(H,40,41). The molecule has 1 saturated carbocycles. The number of carbonyl (C=O) groups is 2. The number of aromatic nitrogens is 1. The van der Waals surface area contributed by atoms with Crippen LogP contribution in [-0.4, -0.2) is 52.6 Å². The Balaban J connectivity index is 1.30. The van der Waals surface area contributed by atoms with Crippen LogP contribution in [0, 0.1) is 0 Å². The minimum Gasteiger partial charge on any atom is -0.478 e. The van der Waals surface area contributed by atoms with E-state index in [1.54, 1.807) is 6.07 Å². The first-order valence-electron chi connectivity index (χ1n) is 14.9. The lowest BCUT2D eigenvalue weighted by atomic mass is 9.81. The summed E-state index contributed by atoms with van der Waals surface area (Å²) in [5.41, 5.74) is 7.77. The van der Waals surface area contributed by atoms with Crippen LogP contribution in [0.2, 0.25) is 0 Å². The largest absolute Gasteiger partial charge is 0.478 e. The van der Waals surface area contributed by atoms with Gasteiger partial charge in [0, 0.05) is 53.9 Å². The minimum absolute atomic E-state index is 0.0656. The number of nitrogens with zero attached hydrogens (tertiary/aromatic N) is 3. The van der Waals surface area contributed by atoms with E-state index in [1.165, 1.54) is 30.5 Å². The fourth-order valence-corrected chi connectivity index (χ4v) is 7.15. The van der Waals surface area contributed by atoms with Crippen LogP contribution in [0.5, 0.6) is 0 Å². The minimum atomic E-state index is -0.932. The molecule has 0 radical (unpaired) electrons. The highest BCUT2D eigenvalue weighted by Gasteiger charge is 2.32. The molecule has 0 atom stereocenters. The van der Waals surface area contributed by atoms with Gasteiger partial charge in [0.15, 0.2) is 0 Å². The molecule has 208 valence electrons. The van der Waals surface area contributed by atoms with Gasteiger partial charge in [-0.05, 0) is 60.2 Å². The molecular weight excluding hydrogens is 510 g/mol. The Bertz CT molecular complexity index is 1650. The topological polar surface area (TPSA) is 65.8 Å². The van der Waals surface area contributed by atoms with E-state index >= 15 is 0 Å². The maximum absolute atomic E-state index is 14.1. The molecular formula is C35H35N3O3. The zero-order valence-corrected chi connectivity index (χ0v) is 23.3. The third-order valence-corrected chi connectivity index (χ3v) is 9.20. The Kier molecular flexibility index (Phi) is 6.62. The van der Waals surface area contributed by atoms with Crippen molar-refractivity contribution in [2.75, 3.05) is 31.1 Å². The highest BCUT2D eigenvalue weighted by atomic mass is 16.4. The number of benzene rings is 3. The van der Waals surface area contributed by atoms with Crippen molar-refractivity contribution in [3.8, 4) is 11.3 Å². The molecule has 41 heavy (non-hydrogen) atoms. The second-order valence-corrected chi connectivity index (χ2v) is 11.6. The molecule has 2 fully saturated rings. The summed E-state index contributed by atoms with van der Waals surface area (Å²) >= 11 is 0. The highest BCUT2D eigenvalue weighted by Crippen LogP contribution is 2.46. The van der Waals surface area contributed by atoms with Gasteiger partial charge in [-0.15, -0.1) is 0 Å². The molecule has 0 bridgehead atoms. The van der Waals surface area contributed by atoms with E-state index < -0.39 is 5.97 Å². The third kappa shape index (κ3) is 4.61. The molecule has 1 aliphatic carbocycles. The lowest BCUT2D eigenvalue weighted by Gasteiger charge is -2.36. The molecule has 0 unspecified atom stereocenters. The predicted octanol–water partition coefficient (Wildman–Crippen LogP) is 6.80. The van der Waals surface area contributed by atoms with Gasteiger partial charge in [-0.1, -0.05) is 67.8 Å². The van der Waals surface area contributed by atoms with Crippen LogP contribution in [0.15, 0.2) is 78.4 Å². The predicted molar refractivity (Wildman–Crippen MR) is 163 cm³/mol. The first-order chi connectivity index (χ1) is 20.1. The number of amides is 1. The quantitative estimate of drug-likeness (QED) is 0.306. The number of para-hydroxylation sites is 1. The number of hydrogen-bond acceptors (Lipinski definition) is 3. The average molecular weight is 546 g/mol. The van der Waals surface area contributed by atoms with Gasteiger partial charge in [-0.3, -0.25) is 4.79 Å². The normalized spacial score (nSPS) is 17.5. The number of hydrogen-bond donors (Lipinski definition) is 1. The Morgan fingerprint density at radius 3 is 2.29 bits per heavy atom. The van der Waals surface area contributed by atoms with Crippen LogP contribution in [0.25, 0.3) is 28.2 Å². The van der Waals surface area contributed by atoms with Crippen molar-refractivity contribution in [1.29, 1.82) is 0 Å². The van der Waals surface area contributed by atoms with Crippen molar-refractivity contribution in [3.63, 3.8) is 0 Å². The van der Waals surface area contributed by atoms with E-state index in [0.29, 0.717) is 25.6 Å². The van der Waals surface area contributed by atoms with Crippen LogP contribution in [0.3, 0.4) is 0 Å². The molecule has 0 spiro atoms. The molecule has 3 aromatic carbocycles. The first kappa shape index (κ1) is 25.6. The summed E-state index contributed by atoms with van der Waals surface area (Å²) in [7, 11) is 0. The second-order valence-electron chi connectivity index (χ2n) is 11.6. The molecule has 3 aliphatic rings. The van der Waals surface area contributed by atoms with Crippen molar-refractivity contribution in [3.05, 3.63) is 95.1 Å². The lowest BCUT2D eigenvalue weighted by molar-refractivity contribution is -0.127. The fourth-order valence-electron chi connectivity index (χ4n) is 7.15. The maximum atomic E-state index is 14.1. The van der Waals surface area contributed by atoms with E-state index in [9.17, 15) is 14.7 Å². The van der Waals surface area contributed by atoms with Crippen molar-refractivity contribution in [1.82, 2.24) is 9.47 Å². The van der Waals surface area contributed by atoms with Gasteiger partial charge >= 0.3 is 5.97 Å². The number of anilines is 1. The summed E-state index contributed by atoms with van der Waals surface area (Å²) in [4.78, 5) is 30.4. The second kappa shape index (κ2) is 10.6. The Labute approximate surface area is 240 Å². The highest BCUT2D eigenvalue weighted by molar-refractivity contribution is 6.03. The fraction of sp³-hybridized carbons (Fsp3) is 0.314. The van der Waals surface area contributed by atoms with Gasteiger partial charge in [0.25, 0.3) is 5.91 Å². The molecule has 4 aromatic rings. The van der Waals surface area contributed by atoms with Crippen LogP contribution in [0.4, 0.5) is 5.69 Å². The van der Waals surface area contributed by atoms with Crippen molar-refractivity contribution >= 4 is 34.5 Å². The summed E-state index contributed by atoms with van der Waals surface area (Å²) < 4.78 is 2.24. The van der Waals surface area contributed by atoms with E-state index in [-0.39, 0.29) is 11.5 Å².